The number of aromatic nitrogens is 2. The van der Waals surface area contributed by atoms with E-state index in [-0.39, 0.29) is 18.2 Å². The molecule has 122 valence electrons. The molecule has 0 radical (unpaired) electrons. The third-order valence-corrected chi connectivity index (χ3v) is 3.30. The first kappa shape index (κ1) is 16.4. The summed E-state index contributed by atoms with van der Waals surface area (Å²) < 4.78 is 6.69. The van der Waals surface area contributed by atoms with E-state index in [9.17, 15) is 20.4 Å². The zero-order valence-corrected chi connectivity index (χ0v) is 12.6. The van der Waals surface area contributed by atoms with Crippen molar-refractivity contribution in [3.05, 3.63) is 57.2 Å². The van der Waals surface area contributed by atoms with E-state index in [0.29, 0.717) is 16.1 Å². The largest absolute Gasteiger partial charge is 0.624 e. The number of aliphatic hydroxyl groups excluding tert-OH is 1. The monoisotopic (exact) mass is 320 g/mol. The molecule has 0 aliphatic carbocycles. The number of nitrogens with zero attached hydrogens (tertiary/aromatic N) is 4. The van der Waals surface area contributed by atoms with Crippen molar-refractivity contribution in [1.29, 1.82) is 0 Å². The predicted octanol–water partition coefficient (Wildman–Crippen LogP) is 1.000. The van der Waals surface area contributed by atoms with E-state index in [2.05, 4.69) is 4.98 Å². The van der Waals surface area contributed by atoms with E-state index < -0.39 is 11.0 Å². The SMILES string of the molecule is COc1ccc([C@H](O)C/[N+]([O-])=C\c2ncc([N+](=O)[O-])n2C)cc1. The molecule has 9 nitrogen and oxygen atoms in total. The maximum absolute atomic E-state index is 11.9. The molecule has 0 aliphatic heterocycles. The van der Waals surface area contributed by atoms with Crippen LogP contribution in [0.1, 0.15) is 17.5 Å². The third-order valence-electron chi connectivity index (χ3n) is 3.30. The van der Waals surface area contributed by atoms with Crippen LogP contribution in [0.25, 0.3) is 0 Å². The maximum Gasteiger partial charge on any atom is 0.343 e. The second-order valence-electron chi connectivity index (χ2n) is 4.81. The van der Waals surface area contributed by atoms with Gasteiger partial charge in [-0.2, -0.15) is 0 Å². The number of rotatable bonds is 6. The number of hydrogen-bond acceptors (Lipinski definition) is 6. The zero-order chi connectivity index (χ0) is 17.0. The van der Waals surface area contributed by atoms with E-state index >= 15 is 0 Å². The number of aliphatic hydroxyl groups is 1. The van der Waals surface area contributed by atoms with E-state index in [1.807, 2.05) is 0 Å². The van der Waals surface area contributed by atoms with Crippen LogP contribution >= 0.6 is 0 Å². The molecule has 0 fully saturated rings. The van der Waals surface area contributed by atoms with Gasteiger partial charge in [0.05, 0.1) is 14.2 Å². The van der Waals surface area contributed by atoms with Gasteiger partial charge in [0.1, 0.15) is 18.1 Å². The molecule has 1 heterocycles. The Morgan fingerprint density at radius 1 is 1.39 bits per heavy atom. The molecular weight excluding hydrogens is 304 g/mol. The van der Waals surface area contributed by atoms with E-state index in [0.717, 1.165) is 12.4 Å². The molecule has 0 saturated carbocycles. The molecule has 2 aromatic rings. The van der Waals surface area contributed by atoms with Gasteiger partial charge >= 0.3 is 5.82 Å². The fraction of sp³-hybridized carbons (Fsp3) is 0.286. The molecule has 1 aromatic carbocycles. The molecule has 1 N–H and O–H groups in total. The van der Waals surface area contributed by atoms with Gasteiger partial charge in [0, 0.05) is 0 Å². The number of hydroxylamine groups is 1. The van der Waals surface area contributed by atoms with E-state index in [1.165, 1.54) is 18.7 Å². The summed E-state index contributed by atoms with van der Waals surface area (Å²) in [5.74, 6) is 0.556. The summed E-state index contributed by atoms with van der Waals surface area (Å²) in [6.45, 7) is -0.229. The normalized spacial score (nSPS) is 12.9. The van der Waals surface area contributed by atoms with Crippen LogP contribution in [-0.2, 0) is 7.05 Å². The molecule has 0 amide bonds. The predicted molar refractivity (Wildman–Crippen MR) is 81.5 cm³/mol. The number of ether oxygens (including phenoxy) is 1. The quantitative estimate of drug-likeness (QED) is 0.279. The zero-order valence-electron chi connectivity index (χ0n) is 12.6. The fourth-order valence-corrected chi connectivity index (χ4v) is 1.99. The highest BCUT2D eigenvalue weighted by atomic mass is 16.6. The van der Waals surface area contributed by atoms with Gasteiger partial charge < -0.3 is 25.2 Å². The van der Waals surface area contributed by atoms with Crippen molar-refractivity contribution in [3.8, 4) is 5.75 Å². The topological polar surface area (TPSA) is 116 Å². The summed E-state index contributed by atoms with van der Waals surface area (Å²) in [5, 5.41) is 32.7. The van der Waals surface area contributed by atoms with Crippen LogP contribution in [-0.4, -0.2) is 44.2 Å². The minimum absolute atomic E-state index is 0.133. The standard InChI is InChI=1S/C14H16N4O5/c1-16-13(15-7-14(16)18(21)22)9-17(20)8-12(19)10-3-5-11(23-2)6-4-10/h3-7,9,12,19H,8H2,1-2H3/b17-9+/t12-/m1/s1. The van der Waals surface area contributed by atoms with Gasteiger partial charge in [-0.1, -0.05) is 12.1 Å². The molecule has 0 saturated heterocycles. The highest BCUT2D eigenvalue weighted by molar-refractivity contribution is 5.71. The molecule has 1 aromatic heterocycles. The Morgan fingerprint density at radius 3 is 2.57 bits per heavy atom. The number of methoxy groups -OCH3 is 1. The number of benzene rings is 1. The smallest absolute Gasteiger partial charge is 0.343 e. The average Bonchev–Trinajstić information content (AvgIpc) is 2.88. The third kappa shape index (κ3) is 3.83. The Balaban J connectivity index is 2.10. The Kier molecular flexibility index (Phi) is 4.91. The lowest BCUT2D eigenvalue weighted by Gasteiger charge is -2.11. The van der Waals surface area contributed by atoms with Crippen molar-refractivity contribution < 1.29 is 19.5 Å². The maximum atomic E-state index is 11.9. The molecule has 0 aliphatic rings. The molecule has 0 unspecified atom stereocenters. The summed E-state index contributed by atoms with van der Waals surface area (Å²) in [5.41, 5.74) is 0.561. The Labute approximate surface area is 131 Å². The van der Waals surface area contributed by atoms with Gasteiger partial charge in [0.25, 0.3) is 5.82 Å². The first-order chi connectivity index (χ1) is 10.9. The molecule has 2 rings (SSSR count). The van der Waals surface area contributed by atoms with E-state index in [1.54, 1.807) is 24.3 Å². The second-order valence-corrected chi connectivity index (χ2v) is 4.81. The van der Waals surface area contributed by atoms with Gasteiger partial charge in [0.15, 0.2) is 6.54 Å². The number of nitro groups is 1. The van der Waals surface area contributed by atoms with Crippen LogP contribution in [0.2, 0.25) is 0 Å². The molecule has 1 atom stereocenters. The highest BCUT2D eigenvalue weighted by Crippen LogP contribution is 2.17. The van der Waals surface area contributed by atoms with Gasteiger partial charge in [-0.3, -0.25) is 0 Å². The van der Waals surface area contributed by atoms with Crippen LogP contribution in [0.4, 0.5) is 5.82 Å². The molecule has 0 spiro atoms. The Bertz CT molecular complexity index is 723. The van der Waals surface area contributed by atoms with Crippen molar-refractivity contribution in [2.75, 3.05) is 13.7 Å². The van der Waals surface area contributed by atoms with Crippen LogP contribution in [0, 0.1) is 15.3 Å². The van der Waals surface area contributed by atoms with Crippen molar-refractivity contribution in [1.82, 2.24) is 9.55 Å². The minimum atomic E-state index is -1.01. The van der Waals surface area contributed by atoms with Gasteiger partial charge in [0.2, 0.25) is 6.21 Å². The van der Waals surface area contributed by atoms with Crippen molar-refractivity contribution in [2.45, 2.75) is 6.10 Å². The lowest BCUT2D eigenvalue weighted by molar-refractivity contribution is -0.465. The van der Waals surface area contributed by atoms with Crippen molar-refractivity contribution in [3.63, 3.8) is 0 Å². The van der Waals surface area contributed by atoms with Gasteiger partial charge in [-0.15, -0.1) is 0 Å². The Morgan fingerprint density at radius 2 is 2.04 bits per heavy atom. The minimum Gasteiger partial charge on any atom is -0.624 e. The Hall–Kier alpha value is -2.94. The van der Waals surface area contributed by atoms with Crippen LogP contribution in [0.15, 0.2) is 30.5 Å². The average molecular weight is 320 g/mol. The molecule has 0 bridgehead atoms. The molecule has 9 heteroatoms. The number of hydrogen-bond donors (Lipinski definition) is 1. The van der Waals surface area contributed by atoms with Crippen LogP contribution < -0.4 is 4.74 Å². The van der Waals surface area contributed by atoms with Crippen LogP contribution in [0.3, 0.4) is 0 Å². The lowest BCUT2D eigenvalue weighted by Crippen LogP contribution is -2.17. The van der Waals surface area contributed by atoms with E-state index in [4.69, 9.17) is 4.74 Å². The first-order valence-corrected chi connectivity index (χ1v) is 6.69. The van der Waals surface area contributed by atoms with Crippen molar-refractivity contribution >= 4 is 12.0 Å². The van der Waals surface area contributed by atoms with Gasteiger partial charge in [-0.05, 0) is 22.6 Å². The molecule has 23 heavy (non-hydrogen) atoms. The second kappa shape index (κ2) is 6.88. The summed E-state index contributed by atoms with van der Waals surface area (Å²) in [7, 11) is 2.97. The summed E-state index contributed by atoms with van der Waals surface area (Å²) in [6.07, 6.45) is 1.16. The fourth-order valence-electron chi connectivity index (χ4n) is 1.99. The van der Waals surface area contributed by atoms with Crippen LogP contribution in [0.5, 0.6) is 5.75 Å². The first-order valence-electron chi connectivity index (χ1n) is 6.69. The highest BCUT2D eigenvalue weighted by Gasteiger charge is 2.18. The molecular formula is C14H16N4O5. The lowest BCUT2D eigenvalue weighted by atomic mass is 10.1. The van der Waals surface area contributed by atoms with Gasteiger partial charge in [-0.25, -0.2) is 14.3 Å². The summed E-state index contributed by atoms with van der Waals surface area (Å²) >= 11 is 0. The van der Waals surface area contributed by atoms with Crippen molar-refractivity contribution in [2.24, 2.45) is 7.05 Å². The number of imidazole rings is 1. The summed E-state index contributed by atoms with van der Waals surface area (Å²) in [4.78, 5) is 13.9. The summed E-state index contributed by atoms with van der Waals surface area (Å²) in [6, 6.07) is 6.67.